The second-order valence-electron chi connectivity index (χ2n) is 14.3. The lowest BCUT2D eigenvalue weighted by molar-refractivity contribution is -0.0209. The molecule has 0 amide bonds. The molecule has 0 radical (unpaired) electrons. The fourth-order valence-corrected chi connectivity index (χ4v) is 7.04. The van der Waals surface area contributed by atoms with E-state index in [-0.39, 0.29) is 0 Å². The Morgan fingerprint density at radius 2 is 0.842 bits per heavy atom. The summed E-state index contributed by atoms with van der Waals surface area (Å²) in [5.41, 5.74) is 6.08. The van der Waals surface area contributed by atoms with Crippen molar-refractivity contribution in [3.63, 3.8) is 0 Å². The Balaban J connectivity index is 0.666. The van der Waals surface area contributed by atoms with Crippen molar-refractivity contribution in [1.29, 1.82) is 0 Å². The summed E-state index contributed by atoms with van der Waals surface area (Å²) in [6.07, 6.45) is 16.2. The van der Waals surface area contributed by atoms with Gasteiger partial charge in [0.2, 0.25) is 0 Å². The molecule has 0 aromatic carbocycles. The Morgan fingerprint density at radius 1 is 0.491 bits per heavy atom. The van der Waals surface area contributed by atoms with Crippen molar-refractivity contribution < 1.29 is 33.2 Å². The maximum Gasteiger partial charge on any atom is 0.114 e. The first-order valence-corrected chi connectivity index (χ1v) is 20.3. The van der Waals surface area contributed by atoms with Gasteiger partial charge in [0.15, 0.2) is 0 Å². The molecule has 0 bridgehead atoms. The van der Waals surface area contributed by atoms with Gasteiger partial charge >= 0.3 is 0 Å². The normalized spacial score (nSPS) is 17.6. The molecule has 2 unspecified atom stereocenters. The van der Waals surface area contributed by atoms with Crippen LogP contribution in [0.1, 0.15) is 48.9 Å². The van der Waals surface area contributed by atoms with Gasteiger partial charge in [-0.2, -0.15) is 0 Å². The van der Waals surface area contributed by atoms with E-state index in [1.54, 1.807) is 9.36 Å². The lowest BCUT2D eigenvalue weighted by atomic mass is 10.0. The molecule has 17 nitrogen and oxygen atoms in total. The van der Waals surface area contributed by atoms with Crippen molar-refractivity contribution in [3.05, 3.63) is 60.4 Å². The van der Waals surface area contributed by atoms with Crippen LogP contribution < -0.4 is 0 Å². The van der Waals surface area contributed by atoms with Crippen molar-refractivity contribution in [2.75, 3.05) is 120 Å². The van der Waals surface area contributed by atoms with Crippen LogP contribution in [0.3, 0.4) is 0 Å². The van der Waals surface area contributed by atoms with Crippen LogP contribution >= 0.6 is 0 Å². The summed E-state index contributed by atoms with van der Waals surface area (Å²) in [4.78, 5) is 13.7. The van der Waals surface area contributed by atoms with Crippen molar-refractivity contribution in [2.24, 2.45) is 0 Å². The minimum Gasteiger partial charge on any atom is -0.377 e. The molecule has 57 heavy (non-hydrogen) atoms. The van der Waals surface area contributed by atoms with Gasteiger partial charge in [0.05, 0.1) is 118 Å². The van der Waals surface area contributed by atoms with E-state index >= 15 is 0 Å². The number of hydrogen-bond donors (Lipinski definition) is 0. The molecule has 4 aromatic heterocycles. The van der Waals surface area contributed by atoms with Crippen molar-refractivity contribution >= 4 is 0 Å². The molecular weight excluding hydrogens is 733 g/mol. The maximum absolute atomic E-state index is 5.70. The van der Waals surface area contributed by atoms with Gasteiger partial charge in [0, 0.05) is 48.0 Å². The molecule has 2 aliphatic rings. The largest absolute Gasteiger partial charge is 0.377 e. The lowest BCUT2D eigenvalue weighted by Crippen LogP contribution is -2.17. The van der Waals surface area contributed by atoms with E-state index in [9.17, 15) is 0 Å². The van der Waals surface area contributed by atoms with Gasteiger partial charge in [-0.15, -0.1) is 10.2 Å². The fourth-order valence-electron chi connectivity index (χ4n) is 7.04. The predicted molar refractivity (Wildman–Crippen MR) is 211 cm³/mol. The monoisotopic (exact) mass is 792 g/mol. The zero-order valence-electron chi connectivity index (χ0n) is 33.7. The minimum atomic E-state index is 0.424. The second-order valence-corrected chi connectivity index (χ2v) is 14.3. The Morgan fingerprint density at radius 3 is 1.18 bits per heavy atom. The van der Waals surface area contributed by atoms with Gasteiger partial charge in [-0.3, -0.25) is 19.8 Å². The number of nitrogens with zero attached hydrogens (tertiary/aromatic N) is 10. The molecule has 312 valence electrons. The SMILES string of the molecule is CN1CCCC1c1cncc(-c2cn(CCOCCOCCOCCOCCOCCOCCOCCn3cc(-c4cncc(C5CCCN5C)c4)nn3)nn2)c1. The van der Waals surface area contributed by atoms with E-state index in [2.05, 4.69) is 66.6 Å². The molecular formula is C40H60N10O7. The molecule has 6 heterocycles. The molecule has 0 N–H and O–H groups in total. The Hall–Kier alpha value is -3.78. The summed E-state index contributed by atoms with van der Waals surface area (Å²) in [5, 5.41) is 17.2. The average molecular weight is 793 g/mol. The smallest absolute Gasteiger partial charge is 0.114 e. The summed E-state index contributed by atoms with van der Waals surface area (Å²) >= 11 is 0. The summed E-state index contributed by atoms with van der Waals surface area (Å²) in [6.45, 7) is 10.6. The molecule has 2 saturated heterocycles. The van der Waals surface area contributed by atoms with Gasteiger partial charge in [0.1, 0.15) is 11.4 Å². The van der Waals surface area contributed by atoms with Crippen molar-refractivity contribution in [2.45, 2.75) is 50.9 Å². The van der Waals surface area contributed by atoms with Gasteiger partial charge in [0.25, 0.3) is 0 Å². The molecule has 0 saturated carbocycles. The molecule has 2 aliphatic heterocycles. The summed E-state index contributed by atoms with van der Waals surface area (Å²) < 4.78 is 42.9. The fraction of sp³-hybridized carbons (Fsp3) is 0.650. The predicted octanol–water partition coefficient (Wildman–Crippen LogP) is 3.34. The van der Waals surface area contributed by atoms with Gasteiger partial charge < -0.3 is 33.2 Å². The van der Waals surface area contributed by atoms with E-state index in [1.165, 1.54) is 24.0 Å². The molecule has 0 aliphatic carbocycles. The summed E-state index contributed by atoms with van der Waals surface area (Å²) in [5.74, 6) is 0. The molecule has 6 rings (SSSR count). The van der Waals surface area contributed by atoms with Crippen molar-refractivity contribution in [3.8, 4) is 22.5 Å². The number of rotatable bonds is 28. The van der Waals surface area contributed by atoms with Crippen LogP contribution in [0.15, 0.2) is 49.3 Å². The number of pyridine rings is 2. The number of ether oxygens (including phenoxy) is 7. The minimum absolute atomic E-state index is 0.424. The number of aromatic nitrogens is 8. The Kier molecular flexibility index (Phi) is 18.2. The van der Waals surface area contributed by atoms with Crippen LogP contribution in [-0.2, 0) is 46.2 Å². The van der Waals surface area contributed by atoms with Crippen LogP contribution in [0.5, 0.6) is 0 Å². The highest BCUT2D eigenvalue weighted by atomic mass is 16.6. The molecule has 0 spiro atoms. The van der Waals surface area contributed by atoms with Crippen LogP contribution in [0.25, 0.3) is 22.5 Å². The number of likely N-dealkylation sites (tertiary alicyclic amines) is 2. The van der Waals surface area contributed by atoms with E-state index < -0.39 is 0 Å². The summed E-state index contributed by atoms with van der Waals surface area (Å²) in [7, 11) is 4.34. The Bertz CT molecular complexity index is 1590. The van der Waals surface area contributed by atoms with Crippen LogP contribution in [-0.4, -0.2) is 169 Å². The van der Waals surface area contributed by atoms with E-state index in [0.717, 1.165) is 48.4 Å². The first-order chi connectivity index (χ1) is 28.1. The molecule has 2 fully saturated rings. The van der Waals surface area contributed by atoms with Crippen molar-refractivity contribution in [1.82, 2.24) is 49.8 Å². The standard InChI is InChI=1S/C40H60N10O7/c1-47-7-3-5-39(47)35-25-33(27-41-29-35)37-31-49(45-43-37)9-11-51-13-15-53-17-19-55-21-23-57-24-22-56-20-18-54-16-14-52-12-10-50-32-38(44-46-50)34-26-36(30-42-28-34)40-6-4-8-48(40)2/h25-32,39-40H,3-24H2,1-2H3. The molecule has 4 aromatic rings. The zero-order valence-corrected chi connectivity index (χ0v) is 33.7. The van der Waals surface area contributed by atoms with Crippen LogP contribution in [0.4, 0.5) is 0 Å². The third-order valence-electron chi connectivity index (χ3n) is 10.2. The van der Waals surface area contributed by atoms with E-state index in [4.69, 9.17) is 33.2 Å². The third kappa shape index (κ3) is 14.2. The van der Waals surface area contributed by atoms with Gasteiger partial charge in [-0.25, -0.2) is 9.36 Å². The van der Waals surface area contributed by atoms with Crippen LogP contribution in [0.2, 0.25) is 0 Å². The summed E-state index contributed by atoms with van der Waals surface area (Å²) in [6, 6.07) is 5.21. The van der Waals surface area contributed by atoms with E-state index in [0.29, 0.717) is 118 Å². The van der Waals surface area contributed by atoms with Crippen LogP contribution in [0, 0.1) is 0 Å². The van der Waals surface area contributed by atoms with Gasteiger partial charge in [-0.05, 0) is 76.1 Å². The van der Waals surface area contributed by atoms with E-state index in [1.807, 2.05) is 37.2 Å². The third-order valence-corrected chi connectivity index (χ3v) is 10.2. The topological polar surface area (TPSA) is 158 Å². The quantitative estimate of drug-likeness (QED) is 0.0771. The lowest BCUT2D eigenvalue weighted by Gasteiger charge is -2.19. The second kappa shape index (κ2) is 24.2. The Labute approximate surface area is 335 Å². The van der Waals surface area contributed by atoms with Gasteiger partial charge in [-0.1, -0.05) is 10.4 Å². The maximum atomic E-state index is 5.70. The zero-order chi connectivity index (χ0) is 39.3. The highest BCUT2D eigenvalue weighted by Crippen LogP contribution is 2.32. The highest BCUT2D eigenvalue weighted by Gasteiger charge is 2.24. The highest BCUT2D eigenvalue weighted by molar-refractivity contribution is 5.58. The average Bonchev–Trinajstić information content (AvgIpc) is 4.07. The molecule has 2 atom stereocenters. The molecule has 17 heteroatoms. The first kappa shape index (κ1) is 42.8. The number of hydrogen-bond acceptors (Lipinski definition) is 15. The first-order valence-electron chi connectivity index (χ1n) is 20.3.